The second-order valence-corrected chi connectivity index (χ2v) is 8.14. The van der Waals surface area contributed by atoms with Crippen LogP contribution >= 0.6 is 11.8 Å². The van der Waals surface area contributed by atoms with E-state index in [4.69, 9.17) is 9.47 Å². The second kappa shape index (κ2) is 7.44. The molecule has 8 heteroatoms. The molecule has 7 nitrogen and oxygen atoms in total. The molecule has 0 saturated carbocycles. The van der Waals surface area contributed by atoms with E-state index in [2.05, 4.69) is 0 Å². The van der Waals surface area contributed by atoms with Crippen LogP contribution in [0.25, 0.3) is 0 Å². The summed E-state index contributed by atoms with van der Waals surface area (Å²) < 4.78 is 9.90. The molecule has 1 N–H and O–H groups in total. The van der Waals surface area contributed by atoms with Gasteiger partial charge in [-0.05, 0) is 44.5 Å². The van der Waals surface area contributed by atoms with E-state index in [1.165, 1.54) is 38.6 Å². The predicted molar refractivity (Wildman–Crippen MR) is 108 cm³/mol. The lowest BCUT2D eigenvalue weighted by Gasteiger charge is -2.38. The van der Waals surface area contributed by atoms with Crippen LogP contribution in [-0.4, -0.2) is 46.8 Å². The van der Waals surface area contributed by atoms with Gasteiger partial charge in [0, 0.05) is 22.4 Å². The number of hydrogen-bond donors (Lipinski definition) is 1. The summed E-state index contributed by atoms with van der Waals surface area (Å²) in [6.07, 6.45) is 2.84. The highest BCUT2D eigenvalue weighted by Crippen LogP contribution is 2.53. The number of esters is 2. The molecule has 1 atom stereocenters. The molecule has 0 bridgehead atoms. The fourth-order valence-corrected chi connectivity index (χ4v) is 4.76. The van der Waals surface area contributed by atoms with Crippen LogP contribution in [0.2, 0.25) is 0 Å². The van der Waals surface area contributed by atoms with Crippen molar-refractivity contribution in [2.75, 3.05) is 14.2 Å². The Morgan fingerprint density at radius 2 is 1.79 bits per heavy atom. The standard InChI is InChI=1S/C21H21NO6S/c1-11-6-7-15(17(23)8-11)18(24)14-9-16(19(25)27-4)21(20(26)28-5)22(10-14)12(2)13(3)29-21/h6-10,23H,1-5H3. The fourth-order valence-electron chi connectivity index (χ4n) is 3.36. The maximum atomic E-state index is 13.1. The number of ether oxygens (including phenoxy) is 2. The largest absolute Gasteiger partial charge is 0.507 e. The fraction of sp³-hybridized carbons (Fsp3) is 0.286. The molecule has 0 spiro atoms. The monoisotopic (exact) mass is 415 g/mol. The number of methoxy groups -OCH3 is 2. The number of ketones is 1. The molecule has 3 rings (SSSR count). The van der Waals surface area contributed by atoms with Gasteiger partial charge in [0.25, 0.3) is 0 Å². The number of carbonyl (C=O) groups excluding carboxylic acids is 3. The Balaban J connectivity index is 2.20. The van der Waals surface area contributed by atoms with E-state index in [9.17, 15) is 19.5 Å². The van der Waals surface area contributed by atoms with E-state index in [0.717, 1.165) is 22.2 Å². The van der Waals surface area contributed by atoms with Gasteiger partial charge in [-0.2, -0.15) is 0 Å². The molecule has 0 aliphatic carbocycles. The van der Waals surface area contributed by atoms with Crippen molar-refractivity contribution in [3.8, 4) is 5.75 Å². The number of aryl methyl sites for hydroxylation is 1. The molecule has 2 aliphatic heterocycles. The average Bonchev–Trinajstić information content (AvgIpc) is 2.96. The van der Waals surface area contributed by atoms with Crippen LogP contribution in [-0.2, 0) is 19.1 Å². The molecule has 1 aromatic rings. The quantitative estimate of drug-likeness (QED) is 0.593. The lowest BCUT2D eigenvalue weighted by molar-refractivity contribution is -0.149. The van der Waals surface area contributed by atoms with Crippen LogP contribution in [0.1, 0.15) is 29.8 Å². The number of thioether (sulfide) groups is 1. The van der Waals surface area contributed by atoms with Gasteiger partial charge < -0.3 is 19.5 Å². The third-order valence-corrected chi connectivity index (χ3v) is 6.45. The Morgan fingerprint density at radius 3 is 2.38 bits per heavy atom. The van der Waals surface area contributed by atoms with E-state index in [0.29, 0.717) is 5.70 Å². The molecule has 0 fully saturated rings. The molecular formula is C21H21NO6S. The number of fused-ring (bicyclic) bond motifs is 1. The Morgan fingerprint density at radius 1 is 1.10 bits per heavy atom. The molecule has 2 aliphatic rings. The molecular weight excluding hydrogens is 394 g/mol. The Kier molecular flexibility index (Phi) is 5.32. The molecule has 0 saturated heterocycles. The third-order valence-electron chi connectivity index (χ3n) is 4.97. The first-order valence-electron chi connectivity index (χ1n) is 8.78. The number of hydrogen-bond acceptors (Lipinski definition) is 8. The summed E-state index contributed by atoms with van der Waals surface area (Å²) in [4.78, 5) is 39.4. The highest BCUT2D eigenvalue weighted by molar-refractivity contribution is 8.05. The first-order chi connectivity index (χ1) is 13.7. The molecule has 0 radical (unpaired) electrons. The van der Waals surface area contributed by atoms with Gasteiger partial charge in [-0.3, -0.25) is 4.79 Å². The SMILES string of the molecule is COC(=O)C1=CC(C(=O)c2ccc(C)cc2O)=CN2C(C)=C(C)SC12C(=O)OC. The van der Waals surface area contributed by atoms with Crippen molar-refractivity contribution in [1.82, 2.24) is 4.90 Å². The molecule has 2 heterocycles. The zero-order valence-corrected chi connectivity index (χ0v) is 17.5. The highest BCUT2D eigenvalue weighted by atomic mass is 32.2. The second-order valence-electron chi connectivity index (χ2n) is 6.73. The average molecular weight is 415 g/mol. The number of phenolic OH excluding ortho intramolecular Hbond substituents is 1. The zero-order valence-electron chi connectivity index (χ0n) is 16.7. The number of allylic oxidation sites excluding steroid dienone is 4. The Labute approximate surface area is 172 Å². The summed E-state index contributed by atoms with van der Waals surface area (Å²) in [6, 6.07) is 4.72. The van der Waals surface area contributed by atoms with Crippen molar-refractivity contribution in [1.29, 1.82) is 0 Å². The summed E-state index contributed by atoms with van der Waals surface area (Å²) in [7, 11) is 2.44. The minimum atomic E-state index is -1.50. The van der Waals surface area contributed by atoms with E-state index in [1.807, 2.05) is 6.92 Å². The number of aromatic hydroxyl groups is 1. The summed E-state index contributed by atoms with van der Waals surface area (Å²) in [5.41, 5.74) is 1.72. The summed E-state index contributed by atoms with van der Waals surface area (Å²) in [6.45, 7) is 5.40. The van der Waals surface area contributed by atoms with Gasteiger partial charge in [-0.1, -0.05) is 17.8 Å². The number of phenols is 1. The van der Waals surface area contributed by atoms with Crippen molar-refractivity contribution in [3.05, 3.63) is 63.4 Å². The van der Waals surface area contributed by atoms with Gasteiger partial charge in [0.15, 0.2) is 5.78 Å². The summed E-state index contributed by atoms with van der Waals surface area (Å²) in [5, 5.41) is 10.2. The van der Waals surface area contributed by atoms with Crippen molar-refractivity contribution < 1.29 is 29.0 Å². The van der Waals surface area contributed by atoms with Crippen LogP contribution in [0.5, 0.6) is 5.75 Å². The van der Waals surface area contributed by atoms with Crippen LogP contribution < -0.4 is 0 Å². The van der Waals surface area contributed by atoms with Gasteiger partial charge in [0.05, 0.1) is 25.4 Å². The van der Waals surface area contributed by atoms with Gasteiger partial charge in [0.1, 0.15) is 5.75 Å². The molecule has 0 amide bonds. The minimum Gasteiger partial charge on any atom is -0.507 e. The topological polar surface area (TPSA) is 93.1 Å². The van der Waals surface area contributed by atoms with E-state index in [-0.39, 0.29) is 22.5 Å². The van der Waals surface area contributed by atoms with Crippen LogP contribution in [0.4, 0.5) is 0 Å². The first kappa shape index (κ1) is 20.7. The number of rotatable bonds is 4. The highest BCUT2D eigenvalue weighted by Gasteiger charge is 2.57. The van der Waals surface area contributed by atoms with Crippen LogP contribution in [0.15, 0.2) is 52.2 Å². The van der Waals surface area contributed by atoms with E-state index >= 15 is 0 Å². The van der Waals surface area contributed by atoms with Gasteiger partial charge in [0.2, 0.25) is 4.87 Å². The maximum Gasteiger partial charge on any atom is 0.348 e. The number of carbonyl (C=O) groups is 3. The van der Waals surface area contributed by atoms with Gasteiger partial charge in [-0.15, -0.1) is 0 Å². The minimum absolute atomic E-state index is 0.0227. The van der Waals surface area contributed by atoms with Crippen molar-refractivity contribution >= 4 is 29.5 Å². The lowest BCUT2D eigenvalue weighted by atomic mass is 9.93. The van der Waals surface area contributed by atoms with Gasteiger partial charge >= 0.3 is 11.9 Å². The van der Waals surface area contributed by atoms with E-state index in [1.54, 1.807) is 24.8 Å². The molecule has 1 aromatic carbocycles. The molecule has 29 heavy (non-hydrogen) atoms. The van der Waals surface area contributed by atoms with Crippen molar-refractivity contribution in [2.45, 2.75) is 25.6 Å². The first-order valence-corrected chi connectivity index (χ1v) is 9.59. The smallest absolute Gasteiger partial charge is 0.348 e. The lowest BCUT2D eigenvalue weighted by Crippen LogP contribution is -2.52. The molecule has 1 unspecified atom stereocenters. The number of Topliss-reactive ketones (excluding diaryl/α,β-unsaturated/α-hetero) is 1. The van der Waals surface area contributed by atoms with Crippen molar-refractivity contribution in [2.24, 2.45) is 0 Å². The third kappa shape index (κ3) is 3.13. The van der Waals surface area contributed by atoms with E-state index < -0.39 is 22.6 Å². The molecule has 0 aromatic heterocycles. The zero-order chi connectivity index (χ0) is 21.5. The summed E-state index contributed by atoms with van der Waals surface area (Å²) >= 11 is 1.16. The molecule has 152 valence electrons. The van der Waals surface area contributed by atoms with Crippen LogP contribution in [0, 0.1) is 6.92 Å². The Hall–Kier alpha value is -3.00. The van der Waals surface area contributed by atoms with Gasteiger partial charge in [-0.25, -0.2) is 9.59 Å². The number of benzene rings is 1. The van der Waals surface area contributed by atoms with Crippen molar-refractivity contribution in [3.63, 3.8) is 0 Å². The maximum absolute atomic E-state index is 13.1. The normalized spacial score (nSPS) is 20.7. The Bertz CT molecular complexity index is 1020. The summed E-state index contributed by atoms with van der Waals surface area (Å²) in [5.74, 6) is -2.05. The predicted octanol–water partition coefficient (Wildman–Crippen LogP) is 3.05. The number of nitrogens with zero attached hydrogens (tertiary/aromatic N) is 1. The van der Waals surface area contributed by atoms with Crippen LogP contribution in [0.3, 0.4) is 0 Å².